The number of pyridine rings is 1. The zero-order valence-electron chi connectivity index (χ0n) is 11.4. The van der Waals surface area contributed by atoms with Gasteiger partial charge in [0, 0.05) is 12.7 Å². The molecular weight excluding hydrogens is 278 g/mol. The van der Waals surface area contributed by atoms with Crippen LogP contribution in [0.4, 0.5) is 14.5 Å². The Labute approximate surface area is 120 Å². The number of nitrogens with zero attached hydrogens (tertiary/aromatic N) is 2. The smallest absolute Gasteiger partial charge is 0.335 e. The van der Waals surface area contributed by atoms with E-state index in [-0.39, 0.29) is 12.2 Å². The molecule has 0 spiro atoms. The van der Waals surface area contributed by atoms with Crippen molar-refractivity contribution in [3.63, 3.8) is 0 Å². The third kappa shape index (κ3) is 3.34. The van der Waals surface area contributed by atoms with Crippen molar-refractivity contribution < 1.29 is 18.7 Å². The molecule has 0 saturated heterocycles. The summed E-state index contributed by atoms with van der Waals surface area (Å²) >= 11 is 0. The van der Waals surface area contributed by atoms with Gasteiger partial charge in [0.2, 0.25) is 0 Å². The van der Waals surface area contributed by atoms with E-state index in [1.54, 1.807) is 31.3 Å². The molecule has 0 unspecified atom stereocenters. The van der Waals surface area contributed by atoms with E-state index in [2.05, 4.69) is 4.98 Å². The van der Waals surface area contributed by atoms with Gasteiger partial charge < -0.3 is 10.0 Å². The highest BCUT2D eigenvalue weighted by molar-refractivity contribution is 5.88. The highest BCUT2D eigenvalue weighted by Crippen LogP contribution is 2.26. The van der Waals surface area contributed by atoms with Crippen molar-refractivity contribution in [2.45, 2.75) is 13.5 Å². The maximum absolute atomic E-state index is 14.0. The van der Waals surface area contributed by atoms with Crippen molar-refractivity contribution in [3.05, 3.63) is 59.4 Å². The van der Waals surface area contributed by atoms with Crippen molar-refractivity contribution in [2.75, 3.05) is 11.4 Å². The Kier molecular flexibility index (Phi) is 4.47. The topological polar surface area (TPSA) is 53.4 Å². The highest BCUT2D eigenvalue weighted by Gasteiger charge is 2.19. The summed E-state index contributed by atoms with van der Waals surface area (Å²) in [7, 11) is 0. The lowest BCUT2D eigenvalue weighted by Gasteiger charge is -2.24. The van der Waals surface area contributed by atoms with E-state index in [4.69, 9.17) is 5.11 Å². The Hall–Kier alpha value is -2.50. The van der Waals surface area contributed by atoms with Crippen LogP contribution in [0.15, 0.2) is 36.5 Å². The average molecular weight is 292 g/mol. The Bertz CT molecular complexity index is 624. The highest BCUT2D eigenvalue weighted by atomic mass is 19.1. The number of carboxylic acid groups (broad SMARTS) is 1. The van der Waals surface area contributed by atoms with Crippen LogP contribution in [0.2, 0.25) is 0 Å². The van der Waals surface area contributed by atoms with Crippen molar-refractivity contribution >= 4 is 11.7 Å². The van der Waals surface area contributed by atoms with Crippen LogP contribution in [-0.2, 0) is 6.54 Å². The van der Waals surface area contributed by atoms with Gasteiger partial charge in [-0.1, -0.05) is 6.07 Å². The number of carboxylic acids is 1. The van der Waals surface area contributed by atoms with E-state index in [1.807, 2.05) is 0 Å². The number of anilines is 1. The molecule has 110 valence electrons. The normalized spacial score (nSPS) is 10.4. The number of aromatic nitrogens is 1. The van der Waals surface area contributed by atoms with Crippen LogP contribution in [-0.4, -0.2) is 22.6 Å². The third-order valence-corrected chi connectivity index (χ3v) is 3.04. The lowest BCUT2D eigenvalue weighted by atomic mass is 10.1. The molecule has 1 aromatic heterocycles. The maximum Gasteiger partial charge on any atom is 0.335 e. The summed E-state index contributed by atoms with van der Waals surface area (Å²) in [5.74, 6) is -3.16. The van der Waals surface area contributed by atoms with Gasteiger partial charge in [0.1, 0.15) is 17.3 Å². The van der Waals surface area contributed by atoms with Gasteiger partial charge in [0.25, 0.3) is 0 Å². The van der Waals surface area contributed by atoms with E-state index in [0.29, 0.717) is 12.2 Å². The number of halogens is 2. The number of rotatable bonds is 5. The summed E-state index contributed by atoms with van der Waals surface area (Å²) in [6.45, 7) is 2.35. The summed E-state index contributed by atoms with van der Waals surface area (Å²) in [6.07, 6.45) is 1.60. The predicted octanol–water partition coefficient (Wildman–Crippen LogP) is 3.08. The van der Waals surface area contributed by atoms with Gasteiger partial charge in [-0.2, -0.15) is 0 Å². The van der Waals surface area contributed by atoms with Gasteiger partial charge in [-0.3, -0.25) is 4.98 Å². The summed E-state index contributed by atoms with van der Waals surface area (Å²) in [4.78, 5) is 16.4. The van der Waals surface area contributed by atoms with Gasteiger partial charge in [-0.25, -0.2) is 13.6 Å². The van der Waals surface area contributed by atoms with Crippen molar-refractivity contribution in [1.29, 1.82) is 0 Å². The SMILES string of the molecule is CCN(Cc1ccccn1)c1c(F)cc(C(=O)O)cc1F. The molecule has 0 fully saturated rings. The molecule has 1 heterocycles. The summed E-state index contributed by atoms with van der Waals surface area (Å²) in [5.41, 5.74) is 0.0104. The van der Waals surface area contributed by atoms with Gasteiger partial charge in [-0.15, -0.1) is 0 Å². The molecule has 0 radical (unpaired) electrons. The average Bonchev–Trinajstić information content (AvgIpc) is 2.46. The van der Waals surface area contributed by atoms with Crippen LogP contribution in [0.3, 0.4) is 0 Å². The Morgan fingerprint density at radius 2 is 1.95 bits per heavy atom. The molecular formula is C15H14F2N2O2. The zero-order valence-corrected chi connectivity index (χ0v) is 11.4. The third-order valence-electron chi connectivity index (χ3n) is 3.04. The van der Waals surface area contributed by atoms with E-state index in [0.717, 1.165) is 12.1 Å². The molecule has 0 aliphatic rings. The second kappa shape index (κ2) is 6.30. The summed E-state index contributed by atoms with van der Waals surface area (Å²) in [5, 5.41) is 8.80. The number of benzene rings is 1. The minimum atomic E-state index is -1.37. The molecule has 2 aromatic rings. The molecule has 1 aromatic carbocycles. The van der Waals surface area contributed by atoms with Crippen LogP contribution in [0.25, 0.3) is 0 Å². The molecule has 6 heteroatoms. The molecule has 0 bridgehead atoms. The first-order valence-corrected chi connectivity index (χ1v) is 6.40. The quantitative estimate of drug-likeness (QED) is 0.920. The summed E-state index contributed by atoms with van der Waals surface area (Å²) in [6, 6.07) is 6.94. The Balaban J connectivity index is 2.36. The monoisotopic (exact) mass is 292 g/mol. The fourth-order valence-electron chi connectivity index (χ4n) is 2.03. The lowest BCUT2D eigenvalue weighted by molar-refractivity contribution is 0.0695. The van der Waals surface area contributed by atoms with Gasteiger partial charge in [-0.05, 0) is 31.2 Å². The van der Waals surface area contributed by atoms with Crippen LogP contribution in [0, 0.1) is 11.6 Å². The molecule has 0 aliphatic heterocycles. The van der Waals surface area contributed by atoms with E-state index >= 15 is 0 Å². The van der Waals surface area contributed by atoms with E-state index in [1.165, 1.54) is 4.90 Å². The van der Waals surface area contributed by atoms with Crippen LogP contribution < -0.4 is 4.90 Å². The zero-order chi connectivity index (χ0) is 15.4. The van der Waals surface area contributed by atoms with Crippen molar-refractivity contribution in [1.82, 2.24) is 4.98 Å². The largest absolute Gasteiger partial charge is 0.478 e. The second-order valence-electron chi connectivity index (χ2n) is 4.43. The minimum absolute atomic E-state index is 0.234. The number of hydrogen-bond donors (Lipinski definition) is 1. The molecule has 2 rings (SSSR count). The maximum atomic E-state index is 14.0. The molecule has 4 nitrogen and oxygen atoms in total. The number of aromatic carboxylic acids is 1. The molecule has 0 saturated carbocycles. The second-order valence-corrected chi connectivity index (χ2v) is 4.43. The lowest BCUT2D eigenvalue weighted by Crippen LogP contribution is -2.25. The predicted molar refractivity (Wildman–Crippen MR) is 74.3 cm³/mol. The minimum Gasteiger partial charge on any atom is -0.478 e. The number of carbonyl (C=O) groups is 1. The molecule has 1 N–H and O–H groups in total. The molecule has 0 aliphatic carbocycles. The fourth-order valence-corrected chi connectivity index (χ4v) is 2.03. The number of hydrogen-bond acceptors (Lipinski definition) is 3. The fraction of sp³-hybridized carbons (Fsp3) is 0.200. The Morgan fingerprint density at radius 1 is 1.29 bits per heavy atom. The van der Waals surface area contributed by atoms with Crippen molar-refractivity contribution in [3.8, 4) is 0 Å². The van der Waals surface area contributed by atoms with Gasteiger partial charge >= 0.3 is 5.97 Å². The van der Waals surface area contributed by atoms with Crippen molar-refractivity contribution in [2.24, 2.45) is 0 Å². The van der Waals surface area contributed by atoms with Crippen LogP contribution in [0.5, 0.6) is 0 Å². The first-order valence-electron chi connectivity index (χ1n) is 6.40. The van der Waals surface area contributed by atoms with Gasteiger partial charge in [0.15, 0.2) is 0 Å². The van der Waals surface area contributed by atoms with E-state index in [9.17, 15) is 13.6 Å². The molecule has 0 atom stereocenters. The molecule has 21 heavy (non-hydrogen) atoms. The first-order chi connectivity index (χ1) is 10.0. The summed E-state index contributed by atoms with van der Waals surface area (Å²) < 4.78 is 28.1. The molecule has 0 amide bonds. The standard InChI is InChI=1S/C15H14F2N2O2/c1-2-19(9-11-5-3-4-6-18-11)14-12(16)7-10(15(20)21)8-13(14)17/h3-8H,2,9H2,1H3,(H,20,21). The van der Waals surface area contributed by atoms with Crippen LogP contribution in [0.1, 0.15) is 23.0 Å². The Morgan fingerprint density at radius 3 is 2.43 bits per heavy atom. The first kappa shape index (κ1) is 14.9. The van der Waals surface area contributed by atoms with Gasteiger partial charge in [0.05, 0.1) is 17.8 Å². The van der Waals surface area contributed by atoms with Crippen LogP contribution >= 0.6 is 0 Å². The van der Waals surface area contributed by atoms with E-state index < -0.39 is 23.2 Å².